The largest absolute Gasteiger partial charge is 0.493 e. The molecule has 0 heterocycles. The zero-order valence-corrected chi connectivity index (χ0v) is 13.6. The average Bonchev–Trinajstić information content (AvgIpc) is 2.57. The molecule has 0 aliphatic carbocycles. The number of alkyl halides is 2. The van der Waals surface area contributed by atoms with Crippen molar-refractivity contribution in [2.45, 2.75) is 6.61 Å². The molecule has 24 heavy (non-hydrogen) atoms. The fourth-order valence-corrected chi connectivity index (χ4v) is 2.46. The van der Waals surface area contributed by atoms with E-state index in [2.05, 4.69) is 10.1 Å². The molecular formula is C17H17F2NO3S. The van der Waals surface area contributed by atoms with Crippen molar-refractivity contribution in [3.63, 3.8) is 0 Å². The molecule has 0 saturated carbocycles. The smallest absolute Gasteiger partial charge is 0.387 e. The zero-order chi connectivity index (χ0) is 17.2. The third kappa shape index (κ3) is 6.45. The predicted molar refractivity (Wildman–Crippen MR) is 91.0 cm³/mol. The van der Waals surface area contributed by atoms with Gasteiger partial charge in [0.15, 0.2) is 0 Å². The van der Waals surface area contributed by atoms with Crippen LogP contribution < -0.4 is 14.8 Å². The second-order valence-electron chi connectivity index (χ2n) is 4.64. The van der Waals surface area contributed by atoms with Crippen LogP contribution in [-0.2, 0) is 4.79 Å². The maximum absolute atomic E-state index is 12.3. The molecule has 2 aromatic carbocycles. The third-order valence-electron chi connectivity index (χ3n) is 2.85. The summed E-state index contributed by atoms with van der Waals surface area (Å²) in [5.41, 5.74) is 0.226. The lowest BCUT2D eigenvalue weighted by molar-refractivity contribution is -0.113. The number of nitrogens with one attached hydrogen (secondary N) is 1. The molecule has 4 nitrogen and oxygen atoms in total. The van der Waals surface area contributed by atoms with Crippen molar-refractivity contribution < 1.29 is 23.0 Å². The summed E-state index contributed by atoms with van der Waals surface area (Å²) in [4.78, 5) is 11.9. The van der Waals surface area contributed by atoms with Crippen molar-refractivity contribution in [3.05, 3.63) is 54.6 Å². The van der Waals surface area contributed by atoms with Crippen LogP contribution in [0.3, 0.4) is 0 Å². The van der Waals surface area contributed by atoms with Gasteiger partial charge in [0, 0.05) is 5.75 Å². The van der Waals surface area contributed by atoms with Crippen LogP contribution in [-0.4, -0.2) is 30.6 Å². The molecule has 0 atom stereocenters. The quantitative estimate of drug-likeness (QED) is 0.691. The van der Waals surface area contributed by atoms with Crippen molar-refractivity contribution in [3.8, 4) is 11.5 Å². The standard InChI is InChI=1S/C17H17F2NO3S/c18-17(19)23-15-9-5-4-8-14(15)20-16(21)12-24-11-10-22-13-6-2-1-3-7-13/h1-9,17H,10-12H2,(H,20,21). The molecule has 0 saturated heterocycles. The van der Waals surface area contributed by atoms with Gasteiger partial charge >= 0.3 is 6.61 Å². The SMILES string of the molecule is O=C(CSCCOc1ccccc1)Nc1ccccc1OC(F)F. The Balaban J connectivity index is 1.70. The Kier molecular flexibility index (Phi) is 7.35. The van der Waals surface area contributed by atoms with Gasteiger partial charge in [-0.15, -0.1) is 11.8 Å². The van der Waals surface area contributed by atoms with Crippen molar-refractivity contribution in [2.24, 2.45) is 0 Å². The van der Waals surface area contributed by atoms with Crippen LogP contribution in [0.5, 0.6) is 11.5 Å². The Morgan fingerprint density at radius 1 is 1.08 bits per heavy atom. The lowest BCUT2D eigenvalue weighted by Crippen LogP contribution is -2.16. The summed E-state index contributed by atoms with van der Waals surface area (Å²) in [6.07, 6.45) is 0. The minimum Gasteiger partial charge on any atom is -0.493 e. The van der Waals surface area contributed by atoms with Crippen LogP contribution in [0.4, 0.5) is 14.5 Å². The number of carbonyl (C=O) groups is 1. The summed E-state index contributed by atoms with van der Waals surface area (Å²) in [5, 5.41) is 2.57. The van der Waals surface area contributed by atoms with E-state index < -0.39 is 6.61 Å². The van der Waals surface area contributed by atoms with Crippen LogP contribution in [0.1, 0.15) is 0 Å². The highest BCUT2D eigenvalue weighted by atomic mass is 32.2. The summed E-state index contributed by atoms with van der Waals surface area (Å²) >= 11 is 1.39. The van der Waals surface area contributed by atoms with Crippen LogP contribution in [0.25, 0.3) is 0 Å². The molecular weight excluding hydrogens is 336 g/mol. The van der Waals surface area contributed by atoms with Crippen LogP contribution in [0.2, 0.25) is 0 Å². The number of carbonyl (C=O) groups excluding carboxylic acids is 1. The number of thioether (sulfide) groups is 1. The number of benzene rings is 2. The first-order chi connectivity index (χ1) is 11.6. The van der Waals surface area contributed by atoms with Gasteiger partial charge in [-0.05, 0) is 24.3 Å². The molecule has 2 aromatic rings. The van der Waals surface area contributed by atoms with Gasteiger partial charge in [0.25, 0.3) is 0 Å². The highest BCUT2D eigenvalue weighted by molar-refractivity contribution is 7.99. The Morgan fingerprint density at radius 3 is 2.54 bits per heavy atom. The molecule has 1 amide bonds. The molecule has 128 valence electrons. The summed E-state index contributed by atoms with van der Waals surface area (Å²) < 4.78 is 34.5. The average molecular weight is 353 g/mol. The van der Waals surface area contributed by atoms with E-state index in [-0.39, 0.29) is 23.1 Å². The Hall–Kier alpha value is -2.28. The number of ether oxygens (including phenoxy) is 2. The van der Waals surface area contributed by atoms with Gasteiger partial charge in [0.1, 0.15) is 11.5 Å². The first kappa shape index (κ1) is 18.1. The molecule has 0 unspecified atom stereocenters. The zero-order valence-electron chi connectivity index (χ0n) is 12.8. The molecule has 0 fully saturated rings. The molecule has 0 aliphatic rings. The lowest BCUT2D eigenvalue weighted by atomic mass is 10.3. The summed E-state index contributed by atoms with van der Waals surface area (Å²) in [5.74, 6) is 1.27. The molecule has 0 spiro atoms. The summed E-state index contributed by atoms with van der Waals surface area (Å²) in [7, 11) is 0. The van der Waals surface area contributed by atoms with Crippen molar-refractivity contribution in [1.82, 2.24) is 0 Å². The normalized spacial score (nSPS) is 10.5. The molecule has 0 aromatic heterocycles. The van der Waals surface area contributed by atoms with Gasteiger partial charge in [-0.2, -0.15) is 8.78 Å². The summed E-state index contributed by atoms with van der Waals surface area (Å²) in [6, 6.07) is 15.5. The molecule has 1 N–H and O–H groups in total. The van der Waals surface area contributed by atoms with E-state index in [9.17, 15) is 13.6 Å². The minimum absolute atomic E-state index is 0.0572. The maximum atomic E-state index is 12.3. The maximum Gasteiger partial charge on any atom is 0.387 e. The molecule has 7 heteroatoms. The van der Waals surface area contributed by atoms with E-state index in [4.69, 9.17) is 4.74 Å². The molecule has 0 radical (unpaired) electrons. The van der Waals surface area contributed by atoms with Crippen molar-refractivity contribution in [2.75, 3.05) is 23.4 Å². The van der Waals surface area contributed by atoms with E-state index in [1.54, 1.807) is 12.1 Å². The number of para-hydroxylation sites is 3. The van der Waals surface area contributed by atoms with E-state index in [0.29, 0.717) is 12.4 Å². The Bertz CT molecular complexity index is 641. The minimum atomic E-state index is -2.94. The molecule has 0 bridgehead atoms. The van der Waals surface area contributed by atoms with E-state index >= 15 is 0 Å². The topological polar surface area (TPSA) is 47.6 Å². The summed E-state index contributed by atoms with van der Waals surface area (Å²) in [6.45, 7) is -2.46. The third-order valence-corrected chi connectivity index (χ3v) is 3.77. The van der Waals surface area contributed by atoms with Gasteiger partial charge in [-0.25, -0.2) is 0 Å². The number of rotatable bonds is 9. The van der Waals surface area contributed by atoms with Gasteiger partial charge in [-0.3, -0.25) is 4.79 Å². The van der Waals surface area contributed by atoms with Crippen molar-refractivity contribution >= 4 is 23.4 Å². The van der Waals surface area contributed by atoms with Crippen LogP contribution >= 0.6 is 11.8 Å². The predicted octanol–water partition coefficient (Wildman–Crippen LogP) is 4.04. The van der Waals surface area contributed by atoms with E-state index in [1.165, 1.54) is 23.9 Å². The molecule has 0 aliphatic heterocycles. The number of hydrogen-bond donors (Lipinski definition) is 1. The van der Waals surface area contributed by atoms with E-state index in [0.717, 1.165) is 5.75 Å². The number of hydrogen-bond acceptors (Lipinski definition) is 4. The first-order valence-electron chi connectivity index (χ1n) is 7.24. The van der Waals surface area contributed by atoms with Crippen LogP contribution in [0, 0.1) is 0 Å². The second-order valence-corrected chi connectivity index (χ2v) is 5.74. The second kappa shape index (κ2) is 9.77. The van der Waals surface area contributed by atoms with Crippen LogP contribution in [0.15, 0.2) is 54.6 Å². The Morgan fingerprint density at radius 2 is 1.79 bits per heavy atom. The Labute approximate surface area is 143 Å². The number of halogens is 2. The lowest BCUT2D eigenvalue weighted by Gasteiger charge is -2.11. The highest BCUT2D eigenvalue weighted by Crippen LogP contribution is 2.25. The van der Waals surface area contributed by atoms with Gasteiger partial charge in [-0.1, -0.05) is 30.3 Å². The monoisotopic (exact) mass is 353 g/mol. The van der Waals surface area contributed by atoms with Gasteiger partial charge in [0.05, 0.1) is 18.0 Å². The fourth-order valence-electron chi connectivity index (χ4n) is 1.85. The van der Waals surface area contributed by atoms with E-state index in [1.807, 2.05) is 30.3 Å². The number of anilines is 1. The fraction of sp³-hybridized carbons (Fsp3) is 0.235. The number of amides is 1. The first-order valence-corrected chi connectivity index (χ1v) is 8.40. The molecule has 2 rings (SSSR count). The highest BCUT2D eigenvalue weighted by Gasteiger charge is 2.11. The van der Waals surface area contributed by atoms with Gasteiger partial charge < -0.3 is 14.8 Å². The van der Waals surface area contributed by atoms with Crippen molar-refractivity contribution in [1.29, 1.82) is 0 Å². The van der Waals surface area contributed by atoms with Gasteiger partial charge in [0.2, 0.25) is 5.91 Å².